The van der Waals surface area contributed by atoms with E-state index < -0.39 is 0 Å². The van der Waals surface area contributed by atoms with Crippen LogP contribution in [0.2, 0.25) is 0 Å². The Morgan fingerprint density at radius 1 is 1.50 bits per heavy atom. The molecule has 0 atom stereocenters. The summed E-state index contributed by atoms with van der Waals surface area (Å²) < 4.78 is 0. The van der Waals surface area contributed by atoms with Crippen molar-refractivity contribution >= 4 is 0 Å². The molecule has 0 aromatic rings. The molecule has 1 saturated carbocycles. The maximum absolute atomic E-state index is 4.12. The van der Waals surface area contributed by atoms with E-state index in [2.05, 4.69) is 27.2 Å². The van der Waals surface area contributed by atoms with Crippen molar-refractivity contribution in [1.82, 2.24) is 0 Å². The molecular formula is C9H16W. The summed E-state index contributed by atoms with van der Waals surface area (Å²) in [5.74, 6) is 0.740. The number of rotatable bonds is 3. The fourth-order valence-electron chi connectivity index (χ4n) is 0.867. The number of hydrogen-bond acceptors (Lipinski definition) is 0. The van der Waals surface area contributed by atoms with Crippen molar-refractivity contribution in [1.29, 1.82) is 0 Å². The Hall–Kier alpha value is 0.688. The van der Waals surface area contributed by atoms with Crippen LogP contribution in [0.5, 0.6) is 0 Å². The molecule has 0 radical (unpaired) electrons. The Labute approximate surface area is 79.0 Å². The first-order valence-electron chi connectivity index (χ1n) is 3.81. The molecule has 0 aromatic carbocycles. The van der Waals surface area contributed by atoms with Crippen LogP contribution in [-0.2, 0) is 21.1 Å². The van der Waals surface area contributed by atoms with Gasteiger partial charge in [-0.1, -0.05) is 26.7 Å². The quantitative estimate of drug-likeness (QED) is 0.703. The molecule has 0 N–H and O–H groups in total. The van der Waals surface area contributed by atoms with Gasteiger partial charge in [0.25, 0.3) is 0 Å². The summed E-state index contributed by atoms with van der Waals surface area (Å²) in [6.45, 7) is 8.58. The zero-order chi connectivity index (χ0) is 6.91. The van der Waals surface area contributed by atoms with Gasteiger partial charge in [-0.25, -0.2) is 6.42 Å². The van der Waals surface area contributed by atoms with E-state index in [4.69, 9.17) is 0 Å². The molecule has 0 heterocycles. The summed E-state index contributed by atoms with van der Waals surface area (Å²) in [6.07, 6.45) is 6.29. The second kappa shape index (κ2) is 3.90. The maximum Gasteiger partial charge on any atom is 2.00 e. The van der Waals surface area contributed by atoms with Crippen LogP contribution in [0.25, 0.3) is 0 Å². The van der Waals surface area contributed by atoms with Crippen LogP contribution < -0.4 is 0 Å². The van der Waals surface area contributed by atoms with E-state index in [0.29, 0.717) is 5.41 Å². The molecule has 0 saturated heterocycles. The van der Waals surface area contributed by atoms with Crippen molar-refractivity contribution in [3.8, 4) is 0 Å². The average molecular weight is 308 g/mol. The molecule has 0 bridgehead atoms. The molecule has 1 fully saturated rings. The average Bonchev–Trinajstić information content (AvgIpc) is 2.45. The van der Waals surface area contributed by atoms with Gasteiger partial charge >= 0.3 is 21.1 Å². The molecule has 0 unspecified atom stereocenters. The van der Waals surface area contributed by atoms with Crippen LogP contribution in [0.1, 0.15) is 33.1 Å². The van der Waals surface area contributed by atoms with Crippen LogP contribution >= 0.6 is 0 Å². The van der Waals surface area contributed by atoms with E-state index in [1.54, 1.807) is 0 Å². The van der Waals surface area contributed by atoms with Gasteiger partial charge < -0.3 is 13.3 Å². The Morgan fingerprint density at radius 3 is 2.30 bits per heavy atom. The SMILES string of the molecule is [CH2-]C1(C[CH-]C(C)C)CC1.[W+2]. The Balaban J connectivity index is 0.000000810. The van der Waals surface area contributed by atoms with Gasteiger partial charge in [-0.2, -0.15) is 11.3 Å². The van der Waals surface area contributed by atoms with Crippen molar-refractivity contribution in [3.63, 3.8) is 0 Å². The molecule has 0 nitrogen and oxygen atoms in total. The molecule has 0 aromatic heterocycles. The van der Waals surface area contributed by atoms with Crippen molar-refractivity contribution in [3.05, 3.63) is 13.3 Å². The van der Waals surface area contributed by atoms with E-state index in [-0.39, 0.29) is 21.1 Å². The van der Waals surface area contributed by atoms with Crippen molar-refractivity contribution in [2.45, 2.75) is 33.1 Å². The van der Waals surface area contributed by atoms with Crippen molar-refractivity contribution < 1.29 is 21.1 Å². The monoisotopic (exact) mass is 308 g/mol. The topological polar surface area (TPSA) is 0 Å². The largest absolute Gasteiger partial charge is 2.00 e. The minimum Gasteiger partial charge on any atom is -0.340 e. The Kier molecular flexibility index (Phi) is 4.17. The Morgan fingerprint density at radius 2 is 2.00 bits per heavy atom. The zero-order valence-corrected chi connectivity index (χ0v) is 9.82. The van der Waals surface area contributed by atoms with E-state index in [9.17, 15) is 0 Å². The van der Waals surface area contributed by atoms with E-state index >= 15 is 0 Å². The van der Waals surface area contributed by atoms with Crippen LogP contribution in [0.4, 0.5) is 0 Å². The second-order valence-electron chi connectivity index (χ2n) is 3.68. The summed E-state index contributed by atoms with van der Waals surface area (Å²) in [4.78, 5) is 0. The summed E-state index contributed by atoms with van der Waals surface area (Å²) in [5, 5.41) is 0. The van der Waals surface area contributed by atoms with Gasteiger partial charge in [-0.3, -0.25) is 0 Å². The predicted molar refractivity (Wildman–Crippen MR) is 40.8 cm³/mol. The van der Waals surface area contributed by atoms with Gasteiger partial charge in [0.1, 0.15) is 0 Å². The van der Waals surface area contributed by atoms with Gasteiger partial charge in [-0.15, -0.1) is 0 Å². The molecular weight excluding hydrogens is 292 g/mol. The third kappa shape index (κ3) is 3.76. The molecule has 1 aliphatic rings. The fraction of sp³-hybridized carbons (Fsp3) is 0.778. The van der Waals surface area contributed by atoms with Gasteiger partial charge in [0, 0.05) is 0 Å². The molecule has 1 rings (SSSR count). The second-order valence-corrected chi connectivity index (χ2v) is 3.68. The standard InChI is InChI=1S/C9H16.W/c1-8(2)4-5-9(3)6-7-9;/h4,8H,3,5-7H2,1-2H3;/q-2;+2. The third-order valence-corrected chi connectivity index (χ3v) is 1.98. The van der Waals surface area contributed by atoms with Crippen LogP contribution in [0.3, 0.4) is 0 Å². The van der Waals surface area contributed by atoms with Gasteiger partial charge in [0.05, 0.1) is 0 Å². The van der Waals surface area contributed by atoms with Crippen LogP contribution in [0.15, 0.2) is 0 Å². The van der Waals surface area contributed by atoms with Gasteiger partial charge in [-0.05, 0) is 0 Å². The molecule has 58 valence electrons. The molecule has 0 aliphatic heterocycles. The minimum absolute atomic E-state index is 0. The maximum atomic E-state index is 4.12. The molecule has 10 heavy (non-hydrogen) atoms. The fourth-order valence-corrected chi connectivity index (χ4v) is 0.867. The zero-order valence-electron chi connectivity index (χ0n) is 6.89. The minimum atomic E-state index is 0. The van der Waals surface area contributed by atoms with E-state index in [1.807, 2.05) is 0 Å². The summed E-state index contributed by atoms with van der Waals surface area (Å²) in [7, 11) is 0. The molecule has 1 heteroatoms. The van der Waals surface area contributed by atoms with Crippen LogP contribution in [0, 0.1) is 24.7 Å². The number of hydrogen-bond donors (Lipinski definition) is 0. The van der Waals surface area contributed by atoms with Gasteiger partial charge in [0.15, 0.2) is 0 Å². The summed E-state index contributed by atoms with van der Waals surface area (Å²) >= 11 is 0. The van der Waals surface area contributed by atoms with E-state index in [0.717, 1.165) is 5.92 Å². The van der Waals surface area contributed by atoms with Crippen molar-refractivity contribution in [2.24, 2.45) is 11.3 Å². The van der Waals surface area contributed by atoms with Gasteiger partial charge in [0.2, 0.25) is 0 Å². The molecule has 0 spiro atoms. The first-order chi connectivity index (χ1) is 4.12. The summed E-state index contributed by atoms with van der Waals surface area (Å²) in [6, 6.07) is 0. The first kappa shape index (κ1) is 10.7. The predicted octanol–water partition coefficient (Wildman–Crippen LogP) is 2.85. The smallest absolute Gasteiger partial charge is 0.340 e. The van der Waals surface area contributed by atoms with Crippen LogP contribution in [-0.4, -0.2) is 0 Å². The summed E-state index contributed by atoms with van der Waals surface area (Å²) in [5.41, 5.74) is 0.476. The third-order valence-electron chi connectivity index (χ3n) is 1.98. The first-order valence-corrected chi connectivity index (χ1v) is 3.81. The molecule has 1 aliphatic carbocycles. The Bertz CT molecular complexity index is 92.9. The normalized spacial score (nSPS) is 20.4. The van der Waals surface area contributed by atoms with E-state index in [1.165, 1.54) is 19.3 Å². The van der Waals surface area contributed by atoms with Crippen molar-refractivity contribution in [2.75, 3.05) is 0 Å². The molecule has 0 amide bonds.